The fraction of sp³-hybridized carbons (Fsp3) is 0.545. The number of ether oxygens (including phenoxy) is 1. The minimum atomic E-state index is -3.32. The lowest BCUT2D eigenvalue weighted by molar-refractivity contribution is 0.398. The molecule has 1 aliphatic rings. The van der Waals surface area contributed by atoms with Crippen LogP contribution in [0.5, 0.6) is 5.88 Å². The number of anilines is 1. The molecule has 7 heteroatoms. The van der Waals surface area contributed by atoms with Gasteiger partial charge in [-0.1, -0.05) is 0 Å². The third-order valence-corrected chi connectivity index (χ3v) is 3.89. The lowest BCUT2D eigenvalue weighted by Crippen LogP contribution is -2.28. The van der Waals surface area contributed by atoms with E-state index in [0.29, 0.717) is 24.2 Å². The Kier molecular flexibility index (Phi) is 4.03. The summed E-state index contributed by atoms with van der Waals surface area (Å²) in [5, 5.41) is 3.16. The van der Waals surface area contributed by atoms with E-state index >= 15 is 0 Å². The van der Waals surface area contributed by atoms with Crippen molar-refractivity contribution in [3.05, 3.63) is 18.3 Å². The molecule has 1 aromatic rings. The van der Waals surface area contributed by atoms with Crippen molar-refractivity contribution in [2.75, 3.05) is 24.1 Å². The first-order valence-corrected chi connectivity index (χ1v) is 7.48. The van der Waals surface area contributed by atoms with Crippen molar-refractivity contribution in [2.45, 2.75) is 18.9 Å². The monoisotopic (exact) mass is 271 g/mol. The van der Waals surface area contributed by atoms with Crippen molar-refractivity contribution in [3.63, 3.8) is 0 Å². The topological polar surface area (TPSA) is 80.3 Å². The molecule has 0 aromatic carbocycles. The van der Waals surface area contributed by atoms with Gasteiger partial charge in [-0.05, 0) is 18.9 Å². The largest absolute Gasteiger partial charge is 0.481 e. The van der Waals surface area contributed by atoms with E-state index in [9.17, 15) is 8.42 Å². The van der Waals surface area contributed by atoms with Crippen LogP contribution in [0.15, 0.2) is 18.3 Å². The molecule has 0 bridgehead atoms. The summed E-state index contributed by atoms with van der Waals surface area (Å²) in [6.07, 6.45) is 3.73. The molecule has 1 heterocycles. The van der Waals surface area contributed by atoms with Crippen LogP contribution < -0.4 is 14.8 Å². The highest BCUT2D eigenvalue weighted by molar-refractivity contribution is 7.92. The molecular weight excluding hydrogens is 254 g/mol. The van der Waals surface area contributed by atoms with E-state index in [1.165, 1.54) is 13.3 Å². The number of methoxy groups -OCH3 is 1. The summed E-state index contributed by atoms with van der Waals surface area (Å²) in [6.45, 7) is 0.476. The molecule has 1 saturated carbocycles. The van der Waals surface area contributed by atoms with Crippen LogP contribution in [0.2, 0.25) is 0 Å². The fourth-order valence-electron chi connectivity index (χ4n) is 1.48. The Balaban J connectivity index is 1.84. The zero-order chi connectivity index (χ0) is 13.0. The van der Waals surface area contributed by atoms with Gasteiger partial charge in [-0.25, -0.2) is 13.4 Å². The Morgan fingerprint density at radius 3 is 2.78 bits per heavy atom. The van der Waals surface area contributed by atoms with Crippen LogP contribution in [0, 0.1) is 0 Å². The van der Waals surface area contributed by atoms with Gasteiger partial charge >= 0.3 is 0 Å². The smallest absolute Gasteiger partial charge is 0.234 e. The van der Waals surface area contributed by atoms with Crippen LogP contribution in [0.1, 0.15) is 12.8 Å². The highest BCUT2D eigenvalue weighted by Gasteiger charge is 2.21. The van der Waals surface area contributed by atoms with Crippen LogP contribution in [0.3, 0.4) is 0 Å². The van der Waals surface area contributed by atoms with Crippen LogP contribution in [-0.2, 0) is 10.0 Å². The van der Waals surface area contributed by atoms with E-state index in [1.54, 1.807) is 12.1 Å². The van der Waals surface area contributed by atoms with Gasteiger partial charge in [-0.2, -0.15) is 0 Å². The van der Waals surface area contributed by atoms with Gasteiger partial charge in [0.15, 0.2) is 0 Å². The molecule has 2 rings (SSSR count). The van der Waals surface area contributed by atoms with E-state index in [1.807, 2.05) is 0 Å². The lowest BCUT2D eigenvalue weighted by atomic mass is 10.4. The molecule has 0 saturated heterocycles. The van der Waals surface area contributed by atoms with Crippen molar-refractivity contribution < 1.29 is 13.2 Å². The van der Waals surface area contributed by atoms with Crippen molar-refractivity contribution in [3.8, 4) is 5.88 Å². The maximum atomic E-state index is 11.7. The number of rotatable bonds is 7. The van der Waals surface area contributed by atoms with E-state index in [-0.39, 0.29) is 5.75 Å². The maximum absolute atomic E-state index is 11.7. The minimum Gasteiger partial charge on any atom is -0.481 e. The predicted octanol–water partition coefficient (Wildman–Crippen LogP) is 0.584. The molecule has 1 fully saturated rings. The molecule has 1 aliphatic carbocycles. The summed E-state index contributed by atoms with van der Waals surface area (Å²) in [4.78, 5) is 3.94. The molecule has 0 unspecified atom stereocenters. The van der Waals surface area contributed by atoms with Crippen molar-refractivity contribution in [2.24, 2.45) is 0 Å². The van der Waals surface area contributed by atoms with Crippen molar-refractivity contribution in [1.29, 1.82) is 0 Å². The van der Waals surface area contributed by atoms with Gasteiger partial charge in [0.25, 0.3) is 0 Å². The lowest BCUT2D eigenvalue weighted by Gasteiger charge is -2.08. The molecule has 0 radical (unpaired) electrons. The van der Waals surface area contributed by atoms with E-state index in [4.69, 9.17) is 4.74 Å². The minimum absolute atomic E-state index is 0.0650. The highest BCUT2D eigenvalue weighted by atomic mass is 32.2. The summed E-state index contributed by atoms with van der Waals surface area (Å²) in [7, 11) is -1.81. The molecule has 2 N–H and O–H groups in total. The third kappa shape index (κ3) is 4.15. The molecular formula is C11H17N3O3S. The number of aromatic nitrogens is 1. The van der Waals surface area contributed by atoms with Crippen LogP contribution in [0.25, 0.3) is 0 Å². The van der Waals surface area contributed by atoms with Gasteiger partial charge in [0, 0.05) is 18.7 Å². The highest BCUT2D eigenvalue weighted by Crippen LogP contribution is 2.18. The predicted molar refractivity (Wildman–Crippen MR) is 69.2 cm³/mol. The zero-order valence-electron chi connectivity index (χ0n) is 10.2. The summed E-state index contributed by atoms with van der Waals surface area (Å²) >= 11 is 0. The Morgan fingerprint density at radius 1 is 1.44 bits per heavy atom. The average Bonchev–Trinajstić information content (AvgIpc) is 3.13. The van der Waals surface area contributed by atoms with Crippen LogP contribution in [0.4, 0.5) is 5.69 Å². The molecule has 100 valence electrons. The number of hydrogen-bond acceptors (Lipinski definition) is 5. The molecule has 0 amide bonds. The Morgan fingerprint density at radius 2 is 2.22 bits per heavy atom. The first-order chi connectivity index (χ1) is 8.59. The Bertz CT molecular complexity index is 483. The number of pyridine rings is 1. The molecule has 6 nitrogen and oxygen atoms in total. The standard InChI is InChI=1S/C11H17N3O3S/c1-17-11-5-4-10(8-13-11)14-18(15,16)7-6-12-9-2-3-9/h4-5,8-9,12,14H,2-3,6-7H2,1H3. The number of nitrogens with one attached hydrogen (secondary N) is 2. The van der Waals surface area contributed by atoms with Gasteiger partial charge < -0.3 is 10.1 Å². The number of sulfonamides is 1. The third-order valence-electron chi connectivity index (χ3n) is 2.60. The molecule has 0 atom stereocenters. The quantitative estimate of drug-likeness (QED) is 0.758. The number of hydrogen-bond donors (Lipinski definition) is 2. The normalized spacial score (nSPS) is 15.4. The van der Waals surface area contributed by atoms with Crippen molar-refractivity contribution in [1.82, 2.24) is 10.3 Å². The first-order valence-electron chi connectivity index (χ1n) is 5.83. The van der Waals surface area contributed by atoms with E-state index < -0.39 is 10.0 Å². The Hall–Kier alpha value is -1.34. The molecule has 1 aromatic heterocycles. The van der Waals surface area contributed by atoms with E-state index in [0.717, 1.165) is 12.8 Å². The second kappa shape index (κ2) is 5.53. The van der Waals surface area contributed by atoms with E-state index in [2.05, 4.69) is 15.0 Å². The zero-order valence-corrected chi connectivity index (χ0v) is 11.0. The van der Waals surface area contributed by atoms with Gasteiger partial charge in [-0.3, -0.25) is 4.72 Å². The SMILES string of the molecule is COc1ccc(NS(=O)(=O)CCNC2CC2)cn1. The first kappa shape index (κ1) is 13.1. The summed E-state index contributed by atoms with van der Waals surface area (Å²) < 4.78 is 30.9. The summed E-state index contributed by atoms with van der Waals surface area (Å²) in [6, 6.07) is 3.75. The van der Waals surface area contributed by atoms with Gasteiger partial charge in [-0.15, -0.1) is 0 Å². The van der Waals surface area contributed by atoms with Crippen LogP contribution >= 0.6 is 0 Å². The van der Waals surface area contributed by atoms with Gasteiger partial charge in [0.05, 0.1) is 24.7 Å². The van der Waals surface area contributed by atoms with Crippen molar-refractivity contribution >= 4 is 15.7 Å². The fourth-order valence-corrected chi connectivity index (χ4v) is 2.45. The summed E-state index contributed by atoms with van der Waals surface area (Å²) in [5.74, 6) is 0.517. The maximum Gasteiger partial charge on any atom is 0.234 e. The molecule has 0 spiro atoms. The Labute approximate surface area is 107 Å². The molecule has 0 aliphatic heterocycles. The summed E-state index contributed by atoms with van der Waals surface area (Å²) in [5.41, 5.74) is 0.447. The average molecular weight is 271 g/mol. The van der Waals surface area contributed by atoms with Crippen LogP contribution in [-0.4, -0.2) is 38.9 Å². The molecule has 18 heavy (non-hydrogen) atoms. The second-order valence-corrected chi connectivity index (χ2v) is 6.08. The van der Waals surface area contributed by atoms with Gasteiger partial charge in [0.1, 0.15) is 0 Å². The van der Waals surface area contributed by atoms with Gasteiger partial charge in [0.2, 0.25) is 15.9 Å². The number of nitrogens with zero attached hydrogens (tertiary/aromatic N) is 1. The second-order valence-electron chi connectivity index (χ2n) is 4.24.